The Morgan fingerprint density at radius 2 is 1.90 bits per heavy atom. The van der Waals surface area contributed by atoms with Gasteiger partial charge < -0.3 is 14.6 Å². The highest BCUT2D eigenvalue weighted by molar-refractivity contribution is 5.87. The van der Waals surface area contributed by atoms with E-state index in [0.717, 1.165) is 30.8 Å². The van der Waals surface area contributed by atoms with Gasteiger partial charge in [-0.2, -0.15) is 0 Å². The Bertz CT molecular complexity index is 1240. The predicted octanol–water partition coefficient (Wildman–Crippen LogP) is 3.98. The summed E-state index contributed by atoms with van der Waals surface area (Å²) in [5.74, 6) is 0.581. The molecule has 1 aliphatic heterocycles. The number of hydrogen-bond donors (Lipinski definition) is 1. The van der Waals surface area contributed by atoms with Crippen molar-refractivity contribution in [2.24, 2.45) is 7.05 Å². The molecule has 0 radical (unpaired) electrons. The van der Waals surface area contributed by atoms with Crippen molar-refractivity contribution in [3.8, 4) is 11.4 Å². The van der Waals surface area contributed by atoms with Crippen LogP contribution in [0.1, 0.15) is 16.8 Å². The molecule has 0 fully saturated rings. The van der Waals surface area contributed by atoms with Crippen LogP contribution in [0.25, 0.3) is 16.6 Å². The third-order valence-corrected chi connectivity index (χ3v) is 5.68. The molecule has 0 saturated heterocycles. The first kappa shape index (κ1) is 20.3. The molecule has 2 aromatic carbocycles. The number of fused-ring (bicyclic) bond motifs is 3. The standard InChI is InChI=1S/C24H23N3O2.ClH/c1-26-22-8-7-18(13-20(22)21-15-25-11-9-23(21)26)27-12-10-19(14-24(27)28)29-16-17-5-3-2-4-6-17;/h2-8,10,12-14,25H,9,11,15-16H2,1H3;1H. The smallest absolute Gasteiger partial charge is 0.258 e. The van der Waals surface area contributed by atoms with E-state index in [1.807, 2.05) is 42.5 Å². The van der Waals surface area contributed by atoms with Gasteiger partial charge in [-0.15, -0.1) is 12.4 Å². The normalized spacial score (nSPS) is 13.0. The lowest BCUT2D eigenvalue weighted by Gasteiger charge is -2.14. The van der Waals surface area contributed by atoms with Gasteiger partial charge in [0.25, 0.3) is 5.56 Å². The van der Waals surface area contributed by atoms with Crippen molar-refractivity contribution >= 4 is 23.3 Å². The van der Waals surface area contributed by atoms with Gasteiger partial charge in [-0.25, -0.2) is 0 Å². The molecule has 1 N–H and O–H groups in total. The molecule has 1 aliphatic rings. The van der Waals surface area contributed by atoms with Crippen molar-refractivity contribution in [2.75, 3.05) is 6.54 Å². The molecule has 6 heteroatoms. The summed E-state index contributed by atoms with van der Waals surface area (Å²) < 4.78 is 9.73. The number of nitrogens with zero attached hydrogens (tertiary/aromatic N) is 2. The first-order valence-corrected chi connectivity index (χ1v) is 9.91. The minimum atomic E-state index is -0.0992. The van der Waals surface area contributed by atoms with Crippen LogP contribution < -0.4 is 15.6 Å². The van der Waals surface area contributed by atoms with Crippen LogP contribution in [-0.4, -0.2) is 15.7 Å². The summed E-state index contributed by atoms with van der Waals surface area (Å²) in [4.78, 5) is 12.7. The monoisotopic (exact) mass is 421 g/mol. The van der Waals surface area contributed by atoms with Gasteiger partial charge in [0.1, 0.15) is 12.4 Å². The molecule has 2 aromatic heterocycles. The zero-order valence-corrected chi connectivity index (χ0v) is 17.6. The maximum atomic E-state index is 12.7. The van der Waals surface area contributed by atoms with Crippen LogP contribution in [0.4, 0.5) is 0 Å². The van der Waals surface area contributed by atoms with Gasteiger partial charge >= 0.3 is 0 Å². The number of nitrogens with one attached hydrogen (secondary N) is 1. The molecule has 3 heterocycles. The topological polar surface area (TPSA) is 48.2 Å². The highest BCUT2D eigenvalue weighted by Crippen LogP contribution is 2.29. The highest BCUT2D eigenvalue weighted by Gasteiger charge is 2.18. The fraction of sp³-hybridized carbons (Fsp3) is 0.208. The van der Waals surface area contributed by atoms with Crippen LogP contribution in [0.2, 0.25) is 0 Å². The summed E-state index contributed by atoms with van der Waals surface area (Å²) in [6, 6.07) is 19.6. The average molecular weight is 422 g/mol. The van der Waals surface area contributed by atoms with E-state index in [4.69, 9.17) is 4.74 Å². The molecule has 30 heavy (non-hydrogen) atoms. The van der Waals surface area contributed by atoms with E-state index in [0.29, 0.717) is 12.4 Å². The van der Waals surface area contributed by atoms with Crippen molar-refractivity contribution in [2.45, 2.75) is 19.6 Å². The number of halogens is 1. The molecule has 0 amide bonds. The van der Waals surface area contributed by atoms with E-state index in [9.17, 15) is 4.79 Å². The summed E-state index contributed by atoms with van der Waals surface area (Å²) in [5, 5.41) is 4.67. The first-order chi connectivity index (χ1) is 14.2. The van der Waals surface area contributed by atoms with E-state index < -0.39 is 0 Å². The van der Waals surface area contributed by atoms with E-state index in [2.05, 4.69) is 29.1 Å². The number of aromatic nitrogens is 2. The largest absolute Gasteiger partial charge is 0.489 e. The maximum absolute atomic E-state index is 12.7. The number of hydrogen-bond acceptors (Lipinski definition) is 3. The molecule has 0 spiro atoms. The molecular formula is C24H24ClN3O2. The van der Waals surface area contributed by atoms with Gasteiger partial charge in [0, 0.05) is 61.1 Å². The number of pyridine rings is 1. The van der Waals surface area contributed by atoms with E-state index in [1.165, 1.54) is 22.2 Å². The molecule has 5 nitrogen and oxygen atoms in total. The summed E-state index contributed by atoms with van der Waals surface area (Å²) >= 11 is 0. The third-order valence-electron chi connectivity index (χ3n) is 5.68. The van der Waals surface area contributed by atoms with Crippen LogP contribution in [0.15, 0.2) is 71.7 Å². The van der Waals surface area contributed by atoms with E-state index >= 15 is 0 Å². The van der Waals surface area contributed by atoms with E-state index in [-0.39, 0.29) is 18.0 Å². The molecule has 4 aromatic rings. The second kappa shape index (κ2) is 8.38. The van der Waals surface area contributed by atoms with Gasteiger partial charge in [0.2, 0.25) is 0 Å². The molecule has 5 rings (SSSR count). The van der Waals surface area contributed by atoms with Gasteiger partial charge in [0.05, 0.1) is 0 Å². The Hall–Kier alpha value is -3.02. The van der Waals surface area contributed by atoms with Crippen LogP contribution >= 0.6 is 12.4 Å². The van der Waals surface area contributed by atoms with Crippen molar-refractivity contribution < 1.29 is 4.74 Å². The number of ether oxygens (including phenoxy) is 1. The van der Waals surface area contributed by atoms with Crippen LogP contribution in [0, 0.1) is 0 Å². The fourth-order valence-electron chi connectivity index (χ4n) is 4.15. The third kappa shape index (κ3) is 3.62. The zero-order valence-electron chi connectivity index (χ0n) is 16.8. The van der Waals surface area contributed by atoms with E-state index in [1.54, 1.807) is 16.8 Å². The summed E-state index contributed by atoms with van der Waals surface area (Å²) in [6.45, 7) is 2.32. The van der Waals surface area contributed by atoms with Crippen LogP contribution in [-0.2, 0) is 26.6 Å². The SMILES string of the molecule is Cl.Cn1c2c(c3cc(-n4ccc(OCc5ccccc5)cc4=O)ccc31)CNCC2. The molecule has 154 valence electrons. The Morgan fingerprint density at radius 1 is 1.07 bits per heavy atom. The molecule has 0 unspecified atom stereocenters. The molecule has 0 bridgehead atoms. The van der Waals surface area contributed by atoms with Gasteiger partial charge in [-0.1, -0.05) is 30.3 Å². The van der Waals surface area contributed by atoms with Crippen molar-refractivity contribution in [1.82, 2.24) is 14.5 Å². The zero-order chi connectivity index (χ0) is 19.8. The molecule has 0 aliphatic carbocycles. The van der Waals surface area contributed by atoms with Crippen LogP contribution in [0.5, 0.6) is 5.75 Å². The lowest BCUT2D eigenvalue weighted by molar-refractivity contribution is 0.305. The Labute approximate surface area is 181 Å². The Kier molecular flexibility index (Phi) is 5.66. The first-order valence-electron chi connectivity index (χ1n) is 9.91. The average Bonchev–Trinajstić information content (AvgIpc) is 3.05. The minimum absolute atomic E-state index is 0. The van der Waals surface area contributed by atoms with Crippen molar-refractivity contribution in [1.29, 1.82) is 0 Å². The predicted molar refractivity (Wildman–Crippen MR) is 122 cm³/mol. The second-order valence-electron chi connectivity index (χ2n) is 7.46. The lowest BCUT2D eigenvalue weighted by atomic mass is 10.1. The summed E-state index contributed by atoms with van der Waals surface area (Å²) in [6.07, 6.45) is 2.82. The van der Waals surface area contributed by atoms with Crippen molar-refractivity contribution in [3.05, 3.63) is 94.0 Å². The molecule has 0 saturated carbocycles. The number of aryl methyl sites for hydroxylation is 1. The summed E-state index contributed by atoms with van der Waals surface area (Å²) in [7, 11) is 2.12. The number of benzene rings is 2. The second-order valence-corrected chi connectivity index (χ2v) is 7.46. The minimum Gasteiger partial charge on any atom is -0.489 e. The Balaban J connectivity index is 0.00000218. The highest BCUT2D eigenvalue weighted by atomic mass is 35.5. The fourth-order valence-corrected chi connectivity index (χ4v) is 4.15. The van der Waals surface area contributed by atoms with Gasteiger partial charge in [0.15, 0.2) is 0 Å². The summed E-state index contributed by atoms with van der Waals surface area (Å²) in [5.41, 5.74) is 5.77. The van der Waals surface area contributed by atoms with Gasteiger partial charge in [-0.05, 0) is 35.4 Å². The van der Waals surface area contributed by atoms with Crippen molar-refractivity contribution in [3.63, 3.8) is 0 Å². The maximum Gasteiger partial charge on any atom is 0.258 e. The van der Waals surface area contributed by atoms with Crippen LogP contribution in [0.3, 0.4) is 0 Å². The quantitative estimate of drug-likeness (QED) is 0.542. The lowest BCUT2D eigenvalue weighted by Crippen LogP contribution is -2.24. The van der Waals surface area contributed by atoms with Gasteiger partial charge in [-0.3, -0.25) is 9.36 Å². The number of rotatable bonds is 4. The molecule has 0 atom stereocenters. The molecular weight excluding hydrogens is 398 g/mol. The Morgan fingerprint density at radius 3 is 2.70 bits per heavy atom.